The maximum absolute atomic E-state index is 14.1. The Bertz CT molecular complexity index is 1640. The molecule has 2 heterocycles. The van der Waals surface area contributed by atoms with Crippen molar-refractivity contribution in [3.63, 3.8) is 0 Å². The molecule has 1 N–H and O–H groups in total. The number of piperazine rings is 1. The van der Waals surface area contributed by atoms with Crippen LogP contribution in [-0.4, -0.2) is 85.8 Å². The van der Waals surface area contributed by atoms with E-state index in [1.807, 2.05) is 12.1 Å². The minimum atomic E-state index is -4.81. The molecule has 5 rings (SSSR count). The van der Waals surface area contributed by atoms with Crippen molar-refractivity contribution >= 4 is 27.3 Å². The number of ether oxygens (including phenoxy) is 2. The van der Waals surface area contributed by atoms with E-state index in [0.717, 1.165) is 48.0 Å². The standard InChI is InChI=1S/C31H39F3N6O4S/c1-30(2,3)40-15-13-39(14-16-40)21-11-12-24(25(18-21)43-5)36-29-35-19-23(31(32,33)34)28(37-29)44-26-17-20-9-7-8-10-22(20)27(26)38(4)45(6,41)42/h7-12,18-19,26-27H,13-17H2,1-6H3,(H,35,36,37)/t26-,27-/m1/s1. The number of anilines is 3. The highest BCUT2D eigenvalue weighted by atomic mass is 32.2. The van der Waals surface area contributed by atoms with Crippen LogP contribution in [0.25, 0.3) is 0 Å². The average molecular weight is 649 g/mol. The van der Waals surface area contributed by atoms with E-state index in [-0.39, 0.29) is 17.9 Å². The van der Waals surface area contributed by atoms with Gasteiger partial charge in [-0.15, -0.1) is 0 Å². The van der Waals surface area contributed by atoms with Crippen LogP contribution in [-0.2, 0) is 22.6 Å². The Morgan fingerprint density at radius 2 is 1.73 bits per heavy atom. The monoisotopic (exact) mass is 648 g/mol. The Kier molecular flexibility index (Phi) is 8.95. The number of methoxy groups -OCH3 is 1. The summed E-state index contributed by atoms with van der Waals surface area (Å²) in [7, 11) is -0.805. The predicted octanol–water partition coefficient (Wildman–Crippen LogP) is 5.10. The fourth-order valence-corrected chi connectivity index (χ4v) is 6.53. The molecule has 1 aliphatic carbocycles. The van der Waals surface area contributed by atoms with Crippen LogP contribution in [0.1, 0.15) is 43.5 Å². The zero-order valence-electron chi connectivity index (χ0n) is 26.2. The Morgan fingerprint density at radius 3 is 2.36 bits per heavy atom. The summed E-state index contributed by atoms with van der Waals surface area (Å²) < 4.78 is 80.0. The lowest BCUT2D eigenvalue weighted by molar-refractivity contribution is -0.140. The fourth-order valence-electron chi connectivity index (χ4n) is 5.87. The highest BCUT2D eigenvalue weighted by molar-refractivity contribution is 7.88. The van der Waals surface area contributed by atoms with Gasteiger partial charge in [0.05, 0.1) is 25.1 Å². The Morgan fingerprint density at radius 1 is 1.04 bits per heavy atom. The van der Waals surface area contributed by atoms with Crippen LogP contribution in [0.15, 0.2) is 48.7 Å². The molecule has 2 aromatic carbocycles. The summed E-state index contributed by atoms with van der Waals surface area (Å²) in [5, 5.41) is 2.97. The molecule has 1 aliphatic heterocycles. The van der Waals surface area contributed by atoms with E-state index in [9.17, 15) is 21.6 Å². The van der Waals surface area contributed by atoms with Gasteiger partial charge in [0.25, 0.3) is 0 Å². The number of nitrogens with zero attached hydrogens (tertiary/aromatic N) is 5. The molecule has 0 radical (unpaired) electrons. The van der Waals surface area contributed by atoms with Crippen molar-refractivity contribution in [3.8, 4) is 11.6 Å². The van der Waals surface area contributed by atoms with E-state index in [1.165, 1.54) is 14.2 Å². The summed E-state index contributed by atoms with van der Waals surface area (Å²) in [6.45, 7) is 10.1. The van der Waals surface area contributed by atoms with Gasteiger partial charge >= 0.3 is 6.18 Å². The summed E-state index contributed by atoms with van der Waals surface area (Å²) in [6, 6.07) is 11.8. The van der Waals surface area contributed by atoms with Gasteiger partial charge in [-0.3, -0.25) is 4.90 Å². The van der Waals surface area contributed by atoms with Gasteiger partial charge in [-0.2, -0.15) is 22.5 Å². The number of hydrogen-bond donors (Lipinski definition) is 1. The molecule has 45 heavy (non-hydrogen) atoms. The van der Waals surface area contributed by atoms with E-state index < -0.39 is 39.8 Å². The molecule has 0 unspecified atom stereocenters. The molecule has 244 valence electrons. The van der Waals surface area contributed by atoms with Crippen LogP contribution < -0.4 is 19.7 Å². The third-order valence-corrected chi connectivity index (χ3v) is 9.68. The number of sulfonamides is 1. The number of halogens is 3. The van der Waals surface area contributed by atoms with Crippen LogP contribution in [0, 0.1) is 0 Å². The second-order valence-electron chi connectivity index (χ2n) is 12.3. The first-order valence-corrected chi connectivity index (χ1v) is 16.5. The zero-order chi connectivity index (χ0) is 32.7. The van der Waals surface area contributed by atoms with Gasteiger partial charge in [-0.25, -0.2) is 13.4 Å². The van der Waals surface area contributed by atoms with Crippen molar-refractivity contribution in [2.24, 2.45) is 0 Å². The normalized spacial score (nSPS) is 19.5. The number of likely N-dealkylation sites (N-methyl/N-ethyl adjacent to an activating group) is 1. The molecule has 10 nitrogen and oxygen atoms in total. The van der Waals surface area contributed by atoms with Gasteiger partial charge in [0.1, 0.15) is 17.4 Å². The summed E-state index contributed by atoms with van der Waals surface area (Å²) in [4.78, 5) is 12.8. The van der Waals surface area contributed by atoms with E-state index in [2.05, 4.69) is 45.9 Å². The van der Waals surface area contributed by atoms with Crippen LogP contribution in [0.5, 0.6) is 11.6 Å². The van der Waals surface area contributed by atoms with E-state index in [1.54, 1.807) is 30.3 Å². The van der Waals surface area contributed by atoms with Gasteiger partial charge in [-0.1, -0.05) is 24.3 Å². The first-order valence-electron chi connectivity index (χ1n) is 14.6. The quantitative estimate of drug-likeness (QED) is 0.358. The smallest absolute Gasteiger partial charge is 0.423 e. The molecule has 2 aliphatic rings. The molecule has 0 saturated carbocycles. The summed E-state index contributed by atoms with van der Waals surface area (Å²) >= 11 is 0. The third-order valence-electron chi connectivity index (χ3n) is 8.41. The Balaban J connectivity index is 1.41. The number of fused-ring (bicyclic) bond motifs is 1. The fraction of sp³-hybridized carbons (Fsp3) is 0.484. The Hall–Kier alpha value is -3.62. The van der Waals surface area contributed by atoms with Crippen LogP contribution in [0.3, 0.4) is 0 Å². The minimum Gasteiger partial charge on any atom is -0.494 e. The zero-order valence-corrected chi connectivity index (χ0v) is 27.0. The number of nitrogens with one attached hydrogen (secondary N) is 1. The molecule has 0 spiro atoms. The highest BCUT2D eigenvalue weighted by Crippen LogP contribution is 2.42. The van der Waals surface area contributed by atoms with E-state index in [4.69, 9.17) is 9.47 Å². The minimum absolute atomic E-state index is 0.0913. The lowest BCUT2D eigenvalue weighted by Crippen LogP contribution is -2.53. The van der Waals surface area contributed by atoms with Gasteiger partial charge in [-0.05, 0) is 44.0 Å². The third kappa shape index (κ3) is 7.12. The number of aromatic nitrogens is 2. The van der Waals surface area contributed by atoms with Crippen molar-refractivity contribution in [2.45, 2.75) is 51.1 Å². The van der Waals surface area contributed by atoms with Crippen molar-refractivity contribution in [1.82, 2.24) is 19.2 Å². The Labute approximate surface area is 262 Å². The summed E-state index contributed by atoms with van der Waals surface area (Å²) in [5.74, 6) is -0.360. The summed E-state index contributed by atoms with van der Waals surface area (Å²) in [5.41, 5.74) is 1.80. The largest absolute Gasteiger partial charge is 0.494 e. The van der Waals surface area contributed by atoms with Crippen molar-refractivity contribution in [3.05, 3.63) is 65.4 Å². The van der Waals surface area contributed by atoms with Crippen LogP contribution >= 0.6 is 0 Å². The van der Waals surface area contributed by atoms with Crippen LogP contribution in [0.2, 0.25) is 0 Å². The lowest BCUT2D eigenvalue weighted by Gasteiger charge is -2.43. The molecule has 2 atom stereocenters. The molecule has 1 fully saturated rings. The maximum Gasteiger partial charge on any atom is 0.423 e. The molecule has 1 aromatic heterocycles. The average Bonchev–Trinajstić information content (AvgIpc) is 3.33. The molecular formula is C31H39F3N6O4S. The molecular weight excluding hydrogens is 609 g/mol. The van der Waals surface area contributed by atoms with Gasteiger partial charge in [0.15, 0.2) is 0 Å². The lowest BCUT2D eigenvalue weighted by atomic mass is 10.0. The first-order chi connectivity index (χ1) is 21.1. The number of alkyl halides is 3. The van der Waals surface area contributed by atoms with Gasteiger partial charge in [0, 0.05) is 63.1 Å². The second-order valence-corrected chi connectivity index (χ2v) is 14.4. The van der Waals surface area contributed by atoms with E-state index in [0.29, 0.717) is 23.2 Å². The SMILES string of the molecule is COc1cc(N2CCN(C(C)(C)C)CC2)ccc1Nc1ncc(C(F)(F)F)c(O[C@@H]2Cc3ccccc3[C@H]2N(C)S(C)(=O)=O)n1. The number of rotatable bonds is 8. The molecule has 0 amide bonds. The molecule has 3 aromatic rings. The van der Waals surface area contributed by atoms with Gasteiger partial charge in [0.2, 0.25) is 21.9 Å². The van der Waals surface area contributed by atoms with Gasteiger partial charge < -0.3 is 19.7 Å². The summed E-state index contributed by atoms with van der Waals surface area (Å²) in [6.07, 6.45) is -3.86. The van der Waals surface area contributed by atoms with Crippen molar-refractivity contribution in [2.75, 3.05) is 56.8 Å². The van der Waals surface area contributed by atoms with Crippen molar-refractivity contribution < 1.29 is 31.1 Å². The molecule has 14 heteroatoms. The molecule has 0 bridgehead atoms. The highest BCUT2D eigenvalue weighted by Gasteiger charge is 2.43. The topological polar surface area (TPSA) is 100 Å². The first kappa shape index (κ1) is 32.8. The maximum atomic E-state index is 14.1. The molecule has 1 saturated heterocycles. The predicted molar refractivity (Wildman–Crippen MR) is 167 cm³/mol. The van der Waals surface area contributed by atoms with Crippen LogP contribution in [0.4, 0.5) is 30.5 Å². The number of benzene rings is 2. The van der Waals surface area contributed by atoms with E-state index >= 15 is 0 Å². The van der Waals surface area contributed by atoms with Crippen molar-refractivity contribution in [1.29, 1.82) is 0 Å². The second kappa shape index (κ2) is 12.3. The number of hydrogen-bond acceptors (Lipinski definition) is 9.